The third-order valence-electron chi connectivity index (χ3n) is 4.50. The number of carbonyl (C=O) groups is 1. The van der Waals surface area contributed by atoms with Gasteiger partial charge in [0.2, 0.25) is 0 Å². The molecule has 2 aromatic heterocycles. The lowest BCUT2D eigenvalue weighted by molar-refractivity contribution is -0.197. The Bertz CT molecular complexity index is 837. The summed E-state index contributed by atoms with van der Waals surface area (Å²) < 4.78 is 19.7. The van der Waals surface area contributed by atoms with Crippen molar-refractivity contribution in [1.82, 2.24) is 24.8 Å². The fourth-order valence-corrected chi connectivity index (χ4v) is 3.42. The maximum absolute atomic E-state index is 12.5. The molecule has 26 heavy (non-hydrogen) atoms. The van der Waals surface area contributed by atoms with Gasteiger partial charge in [-0.25, -0.2) is 15.0 Å². The van der Waals surface area contributed by atoms with Crippen LogP contribution in [0.15, 0.2) is 12.7 Å². The van der Waals surface area contributed by atoms with Gasteiger partial charge in [0.1, 0.15) is 24.1 Å². The molecule has 4 rings (SSSR count). The zero-order valence-electron chi connectivity index (χ0n) is 14.9. The van der Waals surface area contributed by atoms with Gasteiger partial charge in [-0.3, -0.25) is 9.36 Å². The Morgan fingerprint density at radius 3 is 2.85 bits per heavy atom. The van der Waals surface area contributed by atoms with Crippen LogP contribution in [-0.2, 0) is 19.0 Å². The average molecular weight is 362 g/mol. The van der Waals surface area contributed by atoms with Gasteiger partial charge in [0, 0.05) is 6.54 Å². The van der Waals surface area contributed by atoms with E-state index in [-0.39, 0.29) is 11.7 Å². The number of aromatic nitrogens is 4. The van der Waals surface area contributed by atoms with Gasteiger partial charge in [0.05, 0.1) is 6.33 Å². The highest BCUT2D eigenvalue weighted by Crippen LogP contribution is 2.43. The number of rotatable bonds is 4. The molecule has 0 aromatic carbocycles. The minimum absolute atomic E-state index is 0.218. The molecule has 2 aromatic rings. The number of imidazole rings is 1. The standard InChI is InChI=1S/C16H22N6O4/c1-4-5-18-14(23)10-9-11(26-16(2,3)25-9)15(24-10)22-7-21-8-12(17)19-6-20-13(8)22/h6-7,9-11,15H,4-5H2,1-3H3,(H,18,23)(H2,17,19,20)/t9-,10+,11-,15-/m1/s1. The second kappa shape index (κ2) is 6.15. The fourth-order valence-electron chi connectivity index (χ4n) is 3.42. The van der Waals surface area contributed by atoms with E-state index in [9.17, 15) is 4.79 Å². The highest BCUT2D eigenvalue weighted by atomic mass is 16.8. The average Bonchev–Trinajstić information content (AvgIpc) is 3.24. The lowest BCUT2D eigenvalue weighted by Gasteiger charge is -2.24. The molecule has 10 nitrogen and oxygen atoms in total. The van der Waals surface area contributed by atoms with Crippen LogP contribution in [0.4, 0.5) is 5.82 Å². The van der Waals surface area contributed by atoms with E-state index in [1.54, 1.807) is 10.9 Å². The maximum Gasteiger partial charge on any atom is 0.252 e. The molecule has 0 bridgehead atoms. The summed E-state index contributed by atoms with van der Waals surface area (Å²) >= 11 is 0. The summed E-state index contributed by atoms with van der Waals surface area (Å²) in [7, 11) is 0. The quantitative estimate of drug-likeness (QED) is 0.798. The van der Waals surface area contributed by atoms with Crippen LogP contribution in [0.5, 0.6) is 0 Å². The second-order valence-electron chi connectivity index (χ2n) is 6.89. The van der Waals surface area contributed by atoms with Crippen molar-refractivity contribution in [3.8, 4) is 0 Å². The van der Waals surface area contributed by atoms with Crippen LogP contribution < -0.4 is 11.1 Å². The Morgan fingerprint density at radius 1 is 1.31 bits per heavy atom. The van der Waals surface area contributed by atoms with Crippen LogP contribution in [0.2, 0.25) is 0 Å². The van der Waals surface area contributed by atoms with Gasteiger partial charge in [-0.2, -0.15) is 0 Å². The first kappa shape index (κ1) is 17.1. The highest BCUT2D eigenvalue weighted by Gasteiger charge is 2.58. The van der Waals surface area contributed by atoms with E-state index in [0.717, 1.165) is 6.42 Å². The molecule has 2 saturated heterocycles. The number of nitrogens with zero attached hydrogens (tertiary/aromatic N) is 4. The van der Waals surface area contributed by atoms with Crippen molar-refractivity contribution in [2.45, 2.75) is 57.5 Å². The number of anilines is 1. The summed E-state index contributed by atoms with van der Waals surface area (Å²) in [6.45, 7) is 6.19. The fraction of sp³-hybridized carbons (Fsp3) is 0.625. The van der Waals surface area contributed by atoms with Crippen LogP contribution >= 0.6 is 0 Å². The van der Waals surface area contributed by atoms with Crippen molar-refractivity contribution >= 4 is 22.9 Å². The molecule has 0 spiro atoms. The predicted molar refractivity (Wildman–Crippen MR) is 90.8 cm³/mol. The van der Waals surface area contributed by atoms with E-state index < -0.39 is 30.3 Å². The minimum Gasteiger partial charge on any atom is -0.382 e. The third-order valence-corrected chi connectivity index (χ3v) is 4.50. The molecule has 0 aliphatic carbocycles. The third kappa shape index (κ3) is 2.70. The van der Waals surface area contributed by atoms with Crippen LogP contribution in [0.3, 0.4) is 0 Å². The summed E-state index contributed by atoms with van der Waals surface area (Å²) in [6, 6.07) is 0. The minimum atomic E-state index is -0.814. The first-order chi connectivity index (χ1) is 12.4. The molecule has 1 amide bonds. The lowest BCUT2D eigenvalue weighted by Crippen LogP contribution is -2.43. The number of nitrogens with two attached hydrogens (primary N) is 1. The van der Waals surface area contributed by atoms with Crippen molar-refractivity contribution in [2.24, 2.45) is 0 Å². The van der Waals surface area contributed by atoms with Gasteiger partial charge in [-0.05, 0) is 20.3 Å². The second-order valence-corrected chi connectivity index (χ2v) is 6.89. The number of hydrogen-bond donors (Lipinski definition) is 2. The van der Waals surface area contributed by atoms with Gasteiger partial charge in [-0.1, -0.05) is 6.92 Å². The molecule has 140 valence electrons. The molecule has 3 N–H and O–H groups in total. The Hall–Kier alpha value is -2.30. The normalized spacial score (nSPS) is 29.8. The maximum atomic E-state index is 12.5. The van der Waals surface area contributed by atoms with Gasteiger partial charge in [0.15, 0.2) is 29.6 Å². The Kier molecular flexibility index (Phi) is 4.05. The van der Waals surface area contributed by atoms with Crippen molar-refractivity contribution in [3.05, 3.63) is 12.7 Å². The lowest BCUT2D eigenvalue weighted by atomic mass is 10.1. The van der Waals surface area contributed by atoms with Gasteiger partial charge in [-0.15, -0.1) is 0 Å². The van der Waals surface area contributed by atoms with E-state index in [1.165, 1.54) is 6.33 Å². The molecule has 0 saturated carbocycles. The van der Waals surface area contributed by atoms with E-state index in [1.807, 2.05) is 20.8 Å². The van der Waals surface area contributed by atoms with Crippen LogP contribution in [0, 0.1) is 0 Å². The molecular formula is C16H22N6O4. The Morgan fingerprint density at radius 2 is 2.08 bits per heavy atom. The van der Waals surface area contributed by atoms with E-state index in [2.05, 4.69) is 20.3 Å². The molecule has 10 heteroatoms. The monoisotopic (exact) mass is 362 g/mol. The number of carbonyl (C=O) groups excluding carboxylic acids is 1. The molecule has 2 aliphatic rings. The number of nitrogen functional groups attached to an aromatic ring is 1. The summed E-state index contributed by atoms with van der Waals surface area (Å²) in [5, 5.41) is 2.86. The van der Waals surface area contributed by atoms with Gasteiger partial charge in [0.25, 0.3) is 5.91 Å². The van der Waals surface area contributed by atoms with Crippen molar-refractivity contribution < 1.29 is 19.0 Å². The SMILES string of the molecule is CCCNC(=O)[C@H]1O[C@@H](n2cnc3c(N)ncnc32)[C@@H]2OC(C)(C)O[C@@H]21. The van der Waals surface area contributed by atoms with E-state index in [0.29, 0.717) is 17.7 Å². The molecular weight excluding hydrogens is 340 g/mol. The van der Waals surface area contributed by atoms with Crippen LogP contribution in [-0.4, -0.2) is 56.1 Å². The van der Waals surface area contributed by atoms with Crippen molar-refractivity contribution in [2.75, 3.05) is 12.3 Å². The molecule has 0 radical (unpaired) electrons. The largest absolute Gasteiger partial charge is 0.382 e. The summed E-state index contributed by atoms with van der Waals surface area (Å²) in [5.41, 5.74) is 6.86. The number of nitrogens with one attached hydrogen (secondary N) is 1. The van der Waals surface area contributed by atoms with Gasteiger partial charge >= 0.3 is 0 Å². The molecule has 4 atom stereocenters. The van der Waals surface area contributed by atoms with Gasteiger partial charge < -0.3 is 25.3 Å². The number of ether oxygens (including phenoxy) is 3. The molecule has 2 aliphatic heterocycles. The summed E-state index contributed by atoms with van der Waals surface area (Å²) in [6.07, 6.45) is 1.37. The van der Waals surface area contributed by atoms with Crippen LogP contribution in [0.25, 0.3) is 11.2 Å². The highest BCUT2D eigenvalue weighted by molar-refractivity contribution is 5.83. The number of amides is 1. The van der Waals surface area contributed by atoms with Crippen molar-refractivity contribution in [1.29, 1.82) is 0 Å². The van der Waals surface area contributed by atoms with E-state index in [4.69, 9.17) is 19.9 Å². The Balaban J connectivity index is 1.69. The summed E-state index contributed by atoms with van der Waals surface area (Å²) in [4.78, 5) is 25.0. The topological polar surface area (TPSA) is 126 Å². The number of hydrogen-bond acceptors (Lipinski definition) is 8. The zero-order valence-corrected chi connectivity index (χ0v) is 14.9. The van der Waals surface area contributed by atoms with Crippen LogP contribution in [0.1, 0.15) is 33.4 Å². The predicted octanol–water partition coefficient (Wildman–Crippen LogP) is 0.352. The Labute approximate surface area is 150 Å². The molecule has 4 heterocycles. The summed E-state index contributed by atoms with van der Waals surface area (Å²) in [5.74, 6) is -0.751. The van der Waals surface area contributed by atoms with E-state index >= 15 is 0 Å². The zero-order chi connectivity index (χ0) is 18.5. The number of fused-ring (bicyclic) bond motifs is 2. The first-order valence-electron chi connectivity index (χ1n) is 8.63. The molecule has 2 fully saturated rings. The smallest absolute Gasteiger partial charge is 0.252 e. The molecule has 0 unspecified atom stereocenters. The first-order valence-corrected chi connectivity index (χ1v) is 8.63. The van der Waals surface area contributed by atoms with Crippen molar-refractivity contribution in [3.63, 3.8) is 0 Å².